The second kappa shape index (κ2) is 10.9. The number of carboxylic acids is 1. The summed E-state index contributed by atoms with van der Waals surface area (Å²) in [6.07, 6.45) is -1.54. The molecular formula is C28H24F2N2O3S. The van der Waals surface area contributed by atoms with Crippen LogP contribution in [0.25, 0.3) is 0 Å². The minimum absolute atomic E-state index is 0.0891. The second-order valence-corrected chi connectivity index (χ2v) is 9.51. The summed E-state index contributed by atoms with van der Waals surface area (Å²) in [6.45, 7) is 3.52. The Balaban J connectivity index is 1.93. The van der Waals surface area contributed by atoms with Crippen LogP contribution in [-0.4, -0.2) is 27.1 Å². The molecule has 184 valence electrons. The normalized spacial score (nSPS) is 12.2. The van der Waals surface area contributed by atoms with E-state index in [0.717, 1.165) is 5.56 Å². The third-order valence-electron chi connectivity index (χ3n) is 5.63. The van der Waals surface area contributed by atoms with Crippen molar-refractivity contribution in [1.29, 1.82) is 0 Å². The van der Waals surface area contributed by atoms with Crippen molar-refractivity contribution in [2.45, 2.75) is 30.5 Å². The first kappa shape index (κ1) is 25.3. The Morgan fingerprint density at radius 3 is 1.86 bits per heavy atom. The quantitative estimate of drug-likeness (QED) is 0.297. The fraction of sp³-hybridized carbons (Fsp3) is 0.179. The van der Waals surface area contributed by atoms with Gasteiger partial charge < -0.3 is 9.84 Å². The number of nitrogens with zero attached hydrogens (tertiary/aromatic N) is 2. The van der Waals surface area contributed by atoms with Gasteiger partial charge in [0.15, 0.2) is 0 Å². The Kier molecular flexibility index (Phi) is 7.64. The van der Waals surface area contributed by atoms with Crippen LogP contribution in [0.1, 0.15) is 28.1 Å². The van der Waals surface area contributed by atoms with Crippen LogP contribution in [0, 0.1) is 25.5 Å². The molecule has 0 bridgehead atoms. The summed E-state index contributed by atoms with van der Waals surface area (Å²) in [5.74, 6) is -1.81. The summed E-state index contributed by atoms with van der Waals surface area (Å²) in [4.78, 5) is 21.4. The zero-order valence-electron chi connectivity index (χ0n) is 19.7. The standard InChI is InChI=1S/C28H24F2N2O3S/c1-18-16-19(2)32-27(31-18)35-25(26(33)34)28(21-8-12-23(29)13-9-21,22-10-14-24(30)15-11-22)36-17-20-6-4-3-5-7-20/h3-16,25H,17H2,1-2H3,(H,33,34). The number of hydrogen-bond donors (Lipinski definition) is 1. The second-order valence-electron chi connectivity index (χ2n) is 8.29. The molecular weight excluding hydrogens is 482 g/mol. The molecule has 0 fully saturated rings. The van der Waals surface area contributed by atoms with Crippen molar-refractivity contribution in [2.24, 2.45) is 0 Å². The summed E-state index contributed by atoms with van der Waals surface area (Å²) in [5.41, 5.74) is 3.14. The van der Waals surface area contributed by atoms with Crippen LogP contribution in [0.5, 0.6) is 6.01 Å². The van der Waals surface area contributed by atoms with Gasteiger partial charge in [0.05, 0.1) is 0 Å². The molecule has 1 unspecified atom stereocenters. The Morgan fingerprint density at radius 1 is 0.889 bits per heavy atom. The number of rotatable bonds is 9. The smallest absolute Gasteiger partial charge is 0.347 e. The highest BCUT2D eigenvalue weighted by Gasteiger charge is 2.49. The van der Waals surface area contributed by atoms with Crippen LogP contribution in [0.4, 0.5) is 8.78 Å². The van der Waals surface area contributed by atoms with Crippen LogP contribution in [0.2, 0.25) is 0 Å². The molecule has 0 saturated carbocycles. The van der Waals surface area contributed by atoms with Gasteiger partial charge in [0, 0.05) is 17.1 Å². The number of carbonyl (C=O) groups is 1. The number of aromatic nitrogens is 2. The SMILES string of the molecule is Cc1cc(C)nc(OC(C(=O)O)C(SCc2ccccc2)(c2ccc(F)cc2)c2ccc(F)cc2)n1. The van der Waals surface area contributed by atoms with Crippen molar-refractivity contribution in [1.82, 2.24) is 9.97 Å². The van der Waals surface area contributed by atoms with E-state index in [-0.39, 0.29) is 6.01 Å². The third kappa shape index (κ3) is 5.54. The molecule has 0 aliphatic rings. The van der Waals surface area contributed by atoms with Crippen LogP contribution in [0.15, 0.2) is 84.9 Å². The van der Waals surface area contributed by atoms with Crippen molar-refractivity contribution in [2.75, 3.05) is 0 Å². The molecule has 0 aliphatic heterocycles. The Morgan fingerprint density at radius 2 is 1.39 bits per heavy atom. The monoisotopic (exact) mass is 506 g/mol. The average Bonchev–Trinajstić information content (AvgIpc) is 2.85. The number of benzene rings is 3. The third-order valence-corrected chi connectivity index (χ3v) is 7.25. The number of aryl methyl sites for hydroxylation is 2. The molecule has 36 heavy (non-hydrogen) atoms. The molecule has 4 aromatic rings. The lowest BCUT2D eigenvalue weighted by Crippen LogP contribution is -2.47. The number of halogens is 2. The van der Waals surface area contributed by atoms with E-state index in [1.54, 1.807) is 19.9 Å². The van der Waals surface area contributed by atoms with Crippen molar-refractivity contribution in [3.8, 4) is 6.01 Å². The van der Waals surface area contributed by atoms with E-state index in [1.165, 1.54) is 60.3 Å². The summed E-state index contributed by atoms with van der Waals surface area (Å²) in [7, 11) is 0. The molecule has 0 spiro atoms. The lowest BCUT2D eigenvalue weighted by atomic mass is 9.85. The predicted molar refractivity (Wildman–Crippen MR) is 135 cm³/mol. The highest BCUT2D eigenvalue weighted by molar-refractivity contribution is 7.99. The van der Waals surface area contributed by atoms with Crippen LogP contribution < -0.4 is 4.74 Å². The minimum atomic E-state index is -1.54. The molecule has 1 aromatic heterocycles. The summed E-state index contributed by atoms with van der Waals surface area (Å²) >= 11 is 1.30. The zero-order chi connectivity index (χ0) is 25.7. The molecule has 5 nitrogen and oxygen atoms in total. The maximum Gasteiger partial charge on any atom is 0.347 e. The minimum Gasteiger partial charge on any atom is -0.478 e. The van der Waals surface area contributed by atoms with Crippen molar-refractivity contribution >= 4 is 17.7 Å². The highest BCUT2D eigenvalue weighted by atomic mass is 32.2. The Labute approximate surface area is 212 Å². The number of ether oxygens (including phenoxy) is 1. The van der Waals surface area contributed by atoms with Gasteiger partial charge >= 0.3 is 12.0 Å². The molecule has 0 saturated heterocycles. The molecule has 1 atom stereocenters. The Hall–Kier alpha value is -3.78. The number of carboxylic acid groups (broad SMARTS) is 1. The molecule has 0 aliphatic carbocycles. The van der Waals surface area contributed by atoms with Crippen LogP contribution in [0.3, 0.4) is 0 Å². The number of aliphatic carboxylic acids is 1. The molecule has 0 amide bonds. The molecule has 3 aromatic carbocycles. The number of thioether (sulfide) groups is 1. The molecule has 0 radical (unpaired) electrons. The van der Waals surface area contributed by atoms with E-state index >= 15 is 0 Å². The van der Waals surface area contributed by atoms with E-state index in [1.807, 2.05) is 30.3 Å². The largest absolute Gasteiger partial charge is 0.478 e. The summed E-state index contributed by atoms with van der Waals surface area (Å²) < 4.78 is 32.5. The maximum atomic E-state index is 14.0. The van der Waals surface area contributed by atoms with E-state index in [9.17, 15) is 18.7 Å². The fourth-order valence-electron chi connectivity index (χ4n) is 4.04. The van der Waals surface area contributed by atoms with Gasteiger partial charge in [0.2, 0.25) is 6.10 Å². The van der Waals surface area contributed by atoms with Gasteiger partial charge in [0.1, 0.15) is 16.4 Å². The van der Waals surface area contributed by atoms with E-state index < -0.39 is 28.5 Å². The van der Waals surface area contributed by atoms with Gasteiger partial charge in [-0.25, -0.2) is 23.5 Å². The van der Waals surface area contributed by atoms with Gasteiger partial charge in [-0.1, -0.05) is 54.6 Å². The fourth-order valence-corrected chi connectivity index (χ4v) is 5.53. The van der Waals surface area contributed by atoms with Gasteiger partial charge in [0.25, 0.3) is 0 Å². The highest BCUT2D eigenvalue weighted by Crippen LogP contribution is 2.48. The molecule has 4 rings (SSSR count). The van der Waals surface area contributed by atoms with Crippen LogP contribution in [-0.2, 0) is 15.3 Å². The van der Waals surface area contributed by atoms with Crippen molar-refractivity contribution < 1.29 is 23.4 Å². The molecule has 1 N–H and O–H groups in total. The summed E-state index contributed by atoms with van der Waals surface area (Å²) in [6, 6.07) is 22.4. The lowest BCUT2D eigenvalue weighted by molar-refractivity contribution is -0.146. The van der Waals surface area contributed by atoms with Gasteiger partial charge in [-0.2, -0.15) is 0 Å². The maximum absolute atomic E-state index is 14.0. The topological polar surface area (TPSA) is 72.3 Å². The van der Waals surface area contributed by atoms with E-state index in [2.05, 4.69) is 9.97 Å². The lowest BCUT2D eigenvalue weighted by Gasteiger charge is -2.38. The predicted octanol–water partition coefficient (Wildman–Crippen LogP) is 6.08. The summed E-state index contributed by atoms with van der Waals surface area (Å²) in [5, 5.41) is 10.5. The molecule has 8 heteroatoms. The van der Waals surface area contributed by atoms with E-state index in [4.69, 9.17) is 4.74 Å². The van der Waals surface area contributed by atoms with Crippen molar-refractivity contribution in [3.05, 3.63) is 125 Å². The molecule has 1 heterocycles. The van der Waals surface area contributed by atoms with Gasteiger partial charge in [-0.3, -0.25) is 0 Å². The van der Waals surface area contributed by atoms with E-state index in [0.29, 0.717) is 28.3 Å². The number of hydrogen-bond acceptors (Lipinski definition) is 5. The first-order chi connectivity index (χ1) is 17.3. The van der Waals surface area contributed by atoms with Gasteiger partial charge in [-0.05, 0) is 60.9 Å². The van der Waals surface area contributed by atoms with Gasteiger partial charge in [-0.15, -0.1) is 11.8 Å². The zero-order valence-corrected chi connectivity index (χ0v) is 20.5. The Bertz CT molecular complexity index is 1270. The first-order valence-corrected chi connectivity index (χ1v) is 12.2. The first-order valence-electron chi connectivity index (χ1n) is 11.2. The van der Waals surface area contributed by atoms with Crippen LogP contribution >= 0.6 is 11.8 Å². The van der Waals surface area contributed by atoms with Crippen molar-refractivity contribution in [3.63, 3.8) is 0 Å². The average molecular weight is 507 g/mol.